The van der Waals surface area contributed by atoms with Gasteiger partial charge >= 0.3 is 0 Å². The van der Waals surface area contributed by atoms with E-state index < -0.39 is 24.5 Å². The zero-order chi connectivity index (χ0) is 20.8. The number of halogens is 1. The number of benzene rings is 1. The number of fused-ring (bicyclic) bond motifs is 2. The van der Waals surface area contributed by atoms with E-state index in [1.54, 1.807) is 23.0 Å². The number of aromatic nitrogens is 4. The molecule has 0 spiro atoms. The van der Waals surface area contributed by atoms with Gasteiger partial charge in [-0.3, -0.25) is 4.98 Å². The number of anilines is 1. The van der Waals surface area contributed by atoms with E-state index in [9.17, 15) is 10.2 Å². The van der Waals surface area contributed by atoms with Crippen molar-refractivity contribution in [3.8, 4) is 5.75 Å². The molecule has 4 aromatic rings. The first-order chi connectivity index (χ1) is 14.5. The number of nitrogens with two attached hydrogens (primary N) is 1. The molecule has 154 valence electrons. The van der Waals surface area contributed by atoms with E-state index in [0.717, 1.165) is 15.4 Å². The van der Waals surface area contributed by atoms with Gasteiger partial charge in [0.2, 0.25) is 0 Å². The van der Waals surface area contributed by atoms with Crippen LogP contribution in [-0.2, 0) is 4.74 Å². The van der Waals surface area contributed by atoms with Gasteiger partial charge in [-0.05, 0) is 40.2 Å². The minimum Gasteiger partial charge on any atom is -0.491 e. The van der Waals surface area contributed by atoms with Crippen LogP contribution < -0.4 is 10.5 Å². The molecule has 10 heteroatoms. The van der Waals surface area contributed by atoms with Gasteiger partial charge in [0.25, 0.3) is 0 Å². The van der Waals surface area contributed by atoms with Crippen molar-refractivity contribution in [1.29, 1.82) is 0 Å². The Kier molecular flexibility index (Phi) is 4.78. The van der Waals surface area contributed by atoms with Crippen molar-refractivity contribution in [1.82, 2.24) is 19.5 Å². The van der Waals surface area contributed by atoms with Crippen molar-refractivity contribution in [3.05, 3.63) is 53.5 Å². The third-order valence-electron chi connectivity index (χ3n) is 5.19. The molecule has 0 aliphatic carbocycles. The first-order valence-electron chi connectivity index (χ1n) is 9.28. The largest absolute Gasteiger partial charge is 0.491 e. The highest BCUT2D eigenvalue weighted by Crippen LogP contribution is 2.33. The predicted octanol–water partition coefficient (Wildman–Crippen LogP) is 2.02. The molecular weight excluding hydrogens is 454 g/mol. The Morgan fingerprint density at radius 2 is 2.00 bits per heavy atom. The number of aliphatic hydroxyl groups is 2. The molecule has 1 aliphatic heterocycles. The first kappa shape index (κ1) is 19.2. The van der Waals surface area contributed by atoms with Crippen LogP contribution in [0.2, 0.25) is 0 Å². The number of nitrogen functional groups attached to an aromatic ring is 1. The molecule has 5 rings (SSSR count). The van der Waals surface area contributed by atoms with Crippen LogP contribution in [0.15, 0.2) is 53.5 Å². The molecule has 0 bridgehead atoms. The lowest BCUT2D eigenvalue weighted by Gasteiger charge is -2.17. The number of hydrogen-bond donors (Lipinski definition) is 3. The molecule has 1 aromatic carbocycles. The number of hydrogen-bond acceptors (Lipinski definition) is 8. The topological polar surface area (TPSA) is 129 Å². The van der Waals surface area contributed by atoms with E-state index in [2.05, 4.69) is 30.9 Å². The Morgan fingerprint density at radius 3 is 2.87 bits per heavy atom. The van der Waals surface area contributed by atoms with Crippen LogP contribution in [0, 0.1) is 0 Å². The molecule has 0 radical (unpaired) electrons. The van der Waals surface area contributed by atoms with Gasteiger partial charge in [-0.15, -0.1) is 0 Å². The summed E-state index contributed by atoms with van der Waals surface area (Å²) in [5.41, 5.74) is 7.18. The minimum absolute atomic E-state index is 0.0626. The lowest BCUT2D eigenvalue weighted by atomic mass is 10.1. The van der Waals surface area contributed by atoms with Crippen LogP contribution in [0.3, 0.4) is 0 Å². The second kappa shape index (κ2) is 7.47. The monoisotopic (exact) mass is 471 g/mol. The van der Waals surface area contributed by atoms with Crippen LogP contribution >= 0.6 is 15.9 Å². The van der Waals surface area contributed by atoms with Gasteiger partial charge in [-0.25, -0.2) is 9.97 Å². The molecule has 4 heterocycles. The van der Waals surface area contributed by atoms with Gasteiger partial charge in [0.05, 0.1) is 10.9 Å². The summed E-state index contributed by atoms with van der Waals surface area (Å²) < 4.78 is 14.3. The standard InChI is InChI=1S/C20H18BrN5O4/c21-11-5-10-1-2-12(6-14(10)23-7-11)29-8-15-16(27)17(28)20(30-15)26-4-3-13-18(22)24-9-25-19(13)26/h1-7,9,15-17,20,27-28H,8H2,(H2,22,24,25)/t15?,16-,17-,20-/m1/s1. The van der Waals surface area contributed by atoms with E-state index in [1.165, 1.54) is 6.33 Å². The van der Waals surface area contributed by atoms with Gasteiger partial charge in [-0.1, -0.05) is 0 Å². The van der Waals surface area contributed by atoms with Gasteiger partial charge < -0.3 is 30.0 Å². The molecule has 0 amide bonds. The number of ether oxygens (including phenoxy) is 2. The quantitative estimate of drug-likeness (QED) is 0.412. The maximum atomic E-state index is 10.6. The summed E-state index contributed by atoms with van der Waals surface area (Å²) in [7, 11) is 0. The fraction of sp³-hybridized carbons (Fsp3) is 0.250. The normalized spacial score (nSPS) is 24.0. The van der Waals surface area contributed by atoms with Crippen LogP contribution in [0.5, 0.6) is 5.75 Å². The van der Waals surface area contributed by atoms with Crippen LogP contribution in [0.1, 0.15) is 6.23 Å². The van der Waals surface area contributed by atoms with Crippen LogP contribution in [0.25, 0.3) is 21.9 Å². The fourth-order valence-corrected chi connectivity index (χ4v) is 3.98. The molecule has 30 heavy (non-hydrogen) atoms. The van der Waals surface area contributed by atoms with Crippen molar-refractivity contribution in [2.75, 3.05) is 12.3 Å². The first-order valence-corrected chi connectivity index (χ1v) is 10.1. The summed E-state index contributed by atoms with van der Waals surface area (Å²) in [6.07, 6.45) is 0.938. The SMILES string of the molecule is Nc1ncnc2c1ccn2[C@@H]1OC(COc2ccc3cc(Br)cnc3c2)[C@@H](O)[C@H]1O. The van der Waals surface area contributed by atoms with E-state index >= 15 is 0 Å². The van der Waals surface area contributed by atoms with Crippen molar-refractivity contribution in [2.45, 2.75) is 24.5 Å². The third kappa shape index (κ3) is 3.27. The second-order valence-corrected chi connectivity index (χ2v) is 8.00. The Morgan fingerprint density at radius 1 is 1.13 bits per heavy atom. The molecule has 4 atom stereocenters. The van der Waals surface area contributed by atoms with Crippen molar-refractivity contribution >= 4 is 43.7 Å². The van der Waals surface area contributed by atoms with Crippen molar-refractivity contribution in [2.24, 2.45) is 0 Å². The number of pyridine rings is 1. The molecule has 1 saturated heterocycles. The highest BCUT2D eigenvalue weighted by atomic mass is 79.9. The van der Waals surface area contributed by atoms with Gasteiger partial charge in [-0.2, -0.15) is 0 Å². The van der Waals surface area contributed by atoms with Crippen LogP contribution in [-0.4, -0.2) is 54.7 Å². The van der Waals surface area contributed by atoms with E-state index in [4.69, 9.17) is 15.2 Å². The van der Waals surface area contributed by atoms with Gasteiger partial charge in [0, 0.05) is 28.3 Å². The maximum Gasteiger partial charge on any atom is 0.164 e. The summed E-state index contributed by atoms with van der Waals surface area (Å²) in [6.45, 7) is 0.0626. The lowest BCUT2D eigenvalue weighted by Crippen LogP contribution is -2.34. The summed E-state index contributed by atoms with van der Waals surface area (Å²) in [5.74, 6) is 0.932. The van der Waals surface area contributed by atoms with Crippen LogP contribution in [0.4, 0.5) is 5.82 Å². The fourth-order valence-electron chi connectivity index (χ4n) is 3.64. The molecule has 1 fully saturated rings. The van der Waals surface area contributed by atoms with Gasteiger partial charge in [0.15, 0.2) is 6.23 Å². The Labute approximate surface area is 179 Å². The number of nitrogens with zero attached hydrogens (tertiary/aromatic N) is 4. The second-order valence-electron chi connectivity index (χ2n) is 7.08. The molecular formula is C20H18BrN5O4. The Balaban J connectivity index is 1.33. The predicted molar refractivity (Wildman–Crippen MR) is 113 cm³/mol. The highest BCUT2D eigenvalue weighted by Gasteiger charge is 2.44. The van der Waals surface area contributed by atoms with E-state index in [0.29, 0.717) is 22.6 Å². The van der Waals surface area contributed by atoms with E-state index in [1.807, 2.05) is 24.3 Å². The van der Waals surface area contributed by atoms with Crippen molar-refractivity contribution in [3.63, 3.8) is 0 Å². The van der Waals surface area contributed by atoms with E-state index in [-0.39, 0.29) is 6.61 Å². The zero-order valence-corrected chi connectivity index (χ0v) is 17.2. The highest BCUT2D eigenvalue weighted by molar-refractivity contribution is 9.10. The minimum atomic E-state index is -1.15. The average Bonchev–Trinajstić information content (AvgIpc) is 3.29. The molecule has 4 N–H and O–H groups in total. The molecule has 9 nitrogen and oxygen atoms in total. The number of rotatable bonds is 4. The van der Waals surface area contributed by atoms with Gasteiger partial charge in [0.1, 0.15) is 48.5 Å². The Bertz CT molecular complexity index is 1230. The lowest BCUT2D eigenvalue weighted by molar-refractivity contribution is -0.0471. The molecule has 3 aromatic heterocycles. The number of aliphatic hydroxyl groups excluding tert-OH is 2. The molecule has 1 unspecified atom stereocenters. The average molecular weight is 472 g/mol. The zero-order valence-electron chi connectivity index (χ0n) is 15.6. The molecule has 1 aliphatic rings. The summed E-state index contributed by atoms with van der Waals surface area (Å²) in [6, 6.07) is 9.26. The van der Waals surface area contributed by atoms with Crippen molar-refractivity contribution < 1.29 is 19.7 Å². The summed E-state index contributed by atoms with van der Waals surface area (Å²) >= 11 is 3.40. The Hall–Kier alpha value is -2.79. The smallest absolute Gasteiger partial charge is 0.164 e. The molecule has 0 saturated carbocycles. The summed E-state index contributed by atoms with van der Waals surface area (Å²) in [4.78, 5) is 12.5. The third-order valence-corrected chi connectivity index (χ3v) is 5.62. The summed E-state index contributed by atoms with van der Waals surface area (Å²) in [5, 5.41) is 22.7. The maximum absolute atomic E-state index is 10.6.